The Morgan fingerprint density at radius 3 is 2.50 bits per heavy atom. The maximum absolute atomic E-state index is 12.5. The van der Waals surface area contributed by atoms with Crippen LogP contribution in [0, 0.1) is 0 Å². The number of ether oxygens (including phenoxy) is 1. The van der Waals surface area contributed by atoms with Crippen LogP contribution in [-0.2, 0) is 11.0 Å². The molecule has 2 aromatic rings. The lowest BCUT2D eigenvalue weighted by Gasteiger charge is -2.20. The zero-order chi connectivity index (χ0) is 17.3. The summed E-state index contributed by atoms with van der Waals surface area (Å²) >= 11 is 0. The first kappa shape index (κ1) is 15.9. The number of fused-ring (bicyclic) bond motifs is 1. The third-order valence-electron chi connectivity index (χ3n) is 3.37. The molecule has 2 aromatic carbocycles. The first-order valence-electron chi connectivity index (χ1n) is 6.89. The van der Waals surface area contributed by atoms with Crippen molar-refractivity contribution in [2.45, 2.75) is 6.18 Å². The molecule has 1 aliphatic rings. The van der Waals surface area contributed by atoms with Gasteiger partial charge in [-0.3, -0.25) is 9.59 Å². The van der Waals surface area contributed by atoms with Gasteiger partial charge in [0.2, 0.25) is 0 Å². The predicted octanol–water partition coefficient (Wildman–Crippen LogP) is 3.29. The molecule has 0 unspecified atom stereocenters. The van der Waals surface area contributed by atoms with Gasteiger partial charge < -0.3 is 15.4 Å². The second-order valence-corrected chi connectivity index (χ2v) is 5.04. The molecule has 2 N–H and O–H groups in total. The zero-order valence-electron chi connectivity index (χ0n) is 12.1. The van der Waals surface area contributed by atoms with Gasteiger partial charge in [0.05, 0.1) is 11.3 Å². The van der Waals surface area contributed by atoms with Gasteiger partial charge >= 0.3 is 6.18 Å². The standard InChI is InChI=1S/C16H11F3N2O3/c17-16(18,19)10-6-4-9(5-7-10)15(23)20-11-2-1-3-12-14(11)21-13(22)8-24-12/h1-7H,8H2,(H,20,23)(H,21,22). The normalized spacial score (nSPS) is 13.5. The number of benzene rings is 2. The Bertz CT molecular complexity index is 801. The van der Waals surface area contributed by atoms with Gasteiger partial charge in [-0.2, -0.15) is 13.2 Å². The van der Waals surface area contributed by atoms with Gasteiger partial charge in [0.15, 0.2) is 6.61 Å². The third kappa shape index (κ3) is 3.17. The molecule has 24 heavy (non-hydrogen) atoms. The molecule has 0 radical (unpaired) electrons. The Morgan fingerprint density at radius 1 is 1.12 bits per heavy atom. The molecule has 1 aliphatic heterocycles. The maximum Gasteiger partial charge on any atom is 0.416 e. The first-order chi connectivity index (χ1) is 11.3. The summed E-state index contributed by atoms with van der Waals surface area (Å²) in [6, 6.07) is 8.64. The van der Waals surface area contributed by atoms with E-state index in [1.807, 2.05) is 0 Å². The molecule has 0 fully saturated rings. The smallest absolute Gasteiger partial charge is 0.416 e. The molecule has 8 heteroatoms. The summed E-state index contributed by atoms with van der Waals surface area (Å²) in [5.74, 6) is -0.560. The fourth-order valence-electron chi connectivity index (χ4n) is 2.21. The van der Waals surface area contributed by atoms with E-state index in [4.69, 9.17) is 4.74 Å². The Morgan fingerprint density at radius 2 is 1.83 bits per heavy atom. The number of amides is 2. The van der Waals surface area contributed by atoms with Gasteiger partial charge in [-0.1, -0.05) is 6.07 Å². The Labute approximate surface area is 134 Å². The van der Waals surface area contributed by atoms with Crippen molar-refractivity contribution in [3.63, 3.8) is 0 Å². The average Bonchev–Trinajstić information content (AvgIpc) is 2.54. The summed E-state index contributed by atoms with van der Waals surface area (Å²) in [5, 5.41) is 5.14. The van der Waals surface area contributed by atoms with Crippen molar-refractivity contribution in [1.82, 2.24) is 0 Å². The predicted molar refractivity (Wildman–Crippen MR) is 80.0 cm³/mol. The average molecular weight is 336 g/mol. The number of halogens is 3. The number of nitrogens with one attached hydrogen (secondary N) is 2. The first-order valence-corrected chi connectivity index (χ1v) is 6.89. The largest absolute Gasteiger partial charge is 0.481 e. The van der Waals surface area contributed by atoms with Crippen molar-refractivity contribution in [2.24, 2.45) is 0 Å². The van der Waals surface area contributed by atoms with Crippen LogP contribution in [0.25, 0.3) is 0 Å². The van der Waals surface area contributed by atoms with E-state index >= 15 is 0 Å². The summed E-state index contributed by atoms with van der Waals surface area (Å²) in [4.78, 5) is 23.6. The highest BCUT2D eigenvalue weighted by atomic mass is 19.4. The molecule has 3 rings (SSSR count). The molecule has 5 nitrogen and oxygen atoms in total. The van der Waals surface area contributed by atoms with Crippen LogP contribution in [0.3, 0.4) is 0 Å². The van der Waals surface area contributed by atoms with Gasteiger partial charge in [0, 0.05) is 5.56 Å². The van der Waals surface area contributed by atoms with E-state index in [1.54, 1.807) is 18.2 Å². The highest BCUT2D eigenvalue weighted by molar-refractivity contribution is 6.08. The summed E-state index contributed by atoms with van der Waals surface area (Å²) in [7, 11) is 0. The van der Waals surface area contributed by atoms with Gasteiger partial charge in [-0.15, -0.1) is 0 Å². The maximum atomic E-state index is 12.5. The van der Waals surface area contributed by atoms with E-state index in [0.29, 0.717) is 17.1 Å². The quantitative estimate of drug-likeness (QED) is 0.884. The van der Waals surface area contributed by atoms with E-state index in [1.165, 1.54) is 0 Å². The number of para-hydroxylation sites is 1. The minimum absolute atomic E-state index is 0.0589. The van der Waals surface area contributed by atoms with Crippen molar-refractivity contribution in [1.29, 1.82) is 0 Å². The number of anilines is 2. The number of alkyl halides is 3. The number of carbonyl (C=O) groups is 2. The van der Waals surface area contributed by atoms with Crippen LogP contribution >= 0.6 is 0 Å². The van der Waals surface area contributed by atoms with Crippen molar-refractivity contribution < 1.29 is 27.5 Å². The molecule has 2 amide bonds. The zero-order valence-corrected chi connectivity index (χ0v) is 12.1. The van der Waals surface area contributed by atoms with Crippen molar-refractivity contribution in [3.8, 4) is 5.75 Å². The van der Waals surface area contributed by atoms with Crippen LogP contribution in [0.1, 0.15) is 15.9 Å². The van der Waals surface area contributed by atoms with Crippen LogP contribution in [0.4, 0.5) is 24.5 Å². The highest BCUT2D eigenvalue weighted by Crippen LogP contribution is 2.35. The van der Waals surface area contributed by atoms with Crippen LogP contribution in [0.2, 0.25) is 0 Å². The van der Waals surface area contributed by atoms with Crippen LogP contribution in [0.15, 0.2) is 42.5 Å². The van der Waals surface area contributed by atoms with Crippen LogP contribution < -0.4 is 15.4 Å². The van der Waals surface area contributed by atoms with E-state index in [9.17, 15) is 22.8 Å². The van der Waals surface area contributed by atoms with Crippen molar-refractivity contribution >= 4 is 23.2 Å². The van der Waals surface area contributed by atoms with Crippen molar-refractivity contribution in [2.75, 3.05) is 17.2 Å². The number of hydrogen-bond donors (Lipinski definition) is 2. The van der Waals surface area contributed by atoms with E-state index in [0.717, 1.165) is 24.3 Å². The minimum Gasteiger partial charge on any atom is -0.481 e. The number of hydrogen-bond acceptors (Lipinski definition) is 3. The van der Waals surface area contributed by atoms with Gasteiger partial charge in [0.25, 0.3) is 11.8 Å². The molecule has 0 aliphatic carbocycles. The molecule has 0 aromatic heterocycles. The lowest BCUT2D eigenvalue weighted by molar-refractivity contribution is -0.137. The van der Waals surface area contributed by atoms with Crippen molar-refractivity contribution in [3.05, 3.63) is 53.6 Å². The second-order valence-electron chi connectivity index (χ2n) is 5.04. The molecule has 0 saturated heterocycles. The van der Waals surface area contributed by atoms with Crippen LogP contribution in [0.5, 0.6) is 5.75 Å². The van der Waals surface area contributed by atoms with Crippen LogP contribution in [-0.4, -0.2) is 18.4 Å². The molecule has 0 spiro atoms. The Hall–Kier alpha value is -3.03. The van der Waals surface area contributed by atoms with Gasteiger partial charge in [-0.05, 0) is 36.4 Å². The molecule has 0 bridgehead atoms. The number of carbonyl (C=O) groups excluding carboxylic acids is 2. The Balaban J connectivity index is 1.82. The minimum atomic E-state index is -4.46. The highest BCUT2D eigenvalue weighted by Gasteiger charge is 2.30. The van der Waals surface area contributed by atoms with E-state index < -0.39 is 17.6 Å². The summed E-state index contributed by atoms with van der Waals surface area (Å²) < 4.78 is 42.8. The van der Waals surface area contributed by atoms with Gasteiger partial charge in [0.1, 0.15) is 11.4 Å². The van der Waals surface area contributed by atoms with E-state index in [-0.39, 0.29) is 18.1 Å². The SMILES string of the molecule is O=C1COc2cccc(NC(=O)c3ccc(C(F)(F)F)cc3)c2N1. The second kappa shape index (κ2) is 5.88. The molecular weight excluding hydrogens is 325 g/mol. The third-order valence-corrected chi connectivity index (χ3v) is 3.37. The van der Waals surface area contributed by atoms with Gasteiger partial charge in [-0.25, -0.2) is 0 Å². The monoisotopic (exact) mass is 336 g/mol. The summed E-state index contributed by atoms with van der Waals surface area (Å²) in [6.07, 6.45) is -4.46. The lowest BCUT2D eigenvalue weighted by atomic mass is 10.1. The fourth-order valence-corrected chi connectivity index (χ4v) is 2.21. The fraction of sp³-hybridized carbons (Fsp3) is 0.125. The summed E-state index contributed by atoms with van der Waals surface area (Å²) in [5.41, 5.74) is -0.167. The molecule has 1 heterocycles. The van der Waals surface area contributed by atoms with E-state index in [2.05, 4.69) is 10.6 Å². The lowest BCUT2D eigenvalue weighted by Crippen LogP contribution is -2.26. The summed E-state index contributed by atoms with van der Waals surface area (Å²) in [6.45, 7) is -0.122. The molecule has 0 saturated carbocycles. The topological polar surface area (TPSA) is 67.4 Å². The Kier molecular flexibility index (Phi) is 3.88. The molecular formula is C16H11F3N2O3. The number of rotatable bonds is 2. The molecule has 124 valence electrons. The molecule has 0 atom stereocenters.